The lowest BCUT2D eigenvalue weighted by Crippen LogP contribution is -1.95. The highest BCUT2D eigenvalue weighted by atomic mass is 14.8. The summed E-state index contributed by atoms with van der Waals surface area (Å²) < 4.78 is 0. The normalized spacial score (nSPS) is 11.5. The lowest BCUT2D eigenvalue weighted by atomic mass is 9.94. The molecule has 2 nitrogen and oxygen atoms in total. The highest BCUT2D eigenvalue weighted by molar-refractivity contribution is 6.12. The summed E-state index contributed by atoms with van der Waals surface area (Å²) >= 11 is 0. The molecule has 38 heavy (non-hydrogen) atoms. The van der Waals surface area contributed by atoms with Crippen molar-refractivity contribution in [2.75, 3.05) is 0 Å². The molecular weight excluding hydrogens is 460 g/mol. The lowest BCUT2D eigenvalue weighted by molar-refractivity contribution is 1.13. The Kier molecular flexibility index (Phi) is 6.54. The van der Waals surface area contributed by atoms with Gasteiger partial charge in [0.1, 0.15) is 0 Å². The number of pyridine rings is 2. The van der Waals surface area contributed by atoms with Gasteiger partial charge in [0.15, 0.2) is 0 Å². The van der Waals surface area contributed by atoms with Crippen molar-refractivity contribution in [3.63, 3.8) is 0 Å². The van der Waals surface area contributed by atoms with E-state index in [0.717, 1.165) is 45.9 Å². The Morgan fingerprint density at radius 3 is 2.00 bits per heavy atom. The van der Waals surface area contributed by atoms with E-state index in [-0.39, 0.29) is 0 Å². The predicted octanol–water partition coefficient (Wildman–Crippen LogP) is 9.77. The first-order chi connectivity index (χ1) is 18.8. The molecule has 0 saturated carbocycles. The van der Waals surface area contributed by atoms with Crippen LogP contribution in [0, 0.1) is 0 Å². The van der Waals surface area contributed by atoms with Gasteiger partial charge in [0, 0.05) is 22.5 Å². The van der Waals surface area contributed by atoms with E-state index >= 15 is 0 Å². The maximum atomic E-state index is 5.28. The topological polar surface area (TPSA) is 25.8 Å². The highest BCUT2D eigenvalue weighted by Crippen LogP contribution is 2.37. The predicted molar refractivity (Wildman–Crippen MR) is 162 cm³/mol. The fraction of sp³-hybridized carbons (Fsp3) is 0.111. The van der Waals surface area contributed by atoms with Crippen molar-refractivity contribution in [3.8, 4) is 33.5 Å². The molecule has 0 aliphatic heterocycles. The number of nitrogens with zero attached hydrogens (tertiary/aromatic N) is 2. The zero-order valence-corrected chi connectivity index (χ0v) is 21.9. The number of aromatic nitrogens is 2. The number of fused-ring (bicyclic) bond motifs is 3. The summed E-state index contributed by atoms with van der Waals surface area (Å²) in [5, 5.41) is 2.23. The van der Waals surface area contributed by atoms with Gasteiger partial charge in [0.25, 0.3) is 0 Å². The molecule has 0 saturated heterocycles. The van der Waals surface area contributed by atoms with Crippen LogP contribution in [0.15, 0.2) is 115 Å². The van der Waals surface area contributed by atoms with Crippen molar-refractivity contribution in [2.45, 2.75) is 26.7 Å². The molecule has 0 spiro atoms. The number of allylic oxidation sites excluding steroid dienone is 1. The molecule has 0 aliphatic rings. The molecule has 2 heteroatoms. The summed E-state index contributed by atoms with van der Waals surface area (Å²) in [6, 6.07) is 36.6. The van der Waals surface area contributed by atoms with E-state index in [0.29, 0.717) is 0 Å². The van der Waals surface area contributed by atoms with Crippen molar-refractivity contribution >= 4 is 27.9 Å². The molecule has 0 bridgehead atoms. The first kappa shape index (κ1) is 23.8. The van der Waals surface area contributed by atoms with E-state index in [1.54, 1.807) is 0 Å². The van der Waals surface area contributed by atoms with E-state index in [2.05, 4.69) is 129 Å². The average molecular weight is 491 g/mol. The van der Waals surface area contributed by atoms with Crippen LogP contribution in [-0.4, -0.2) is 9.97 Å². The van der Waals surface area contributed by atoms with Crippen molar-refractivity contribution in [3.05, 3.63) is 127 Å². The van der Waals surface area contributed by atoms with Crippen LogP contribution in [0.25, 0.3) is 61.4 Å². The second-order valence-electron chi connectivity index (χ2n) is 9.58. The third kappa shape index (κ3) is 4.39. The van der Waals surface area contributed by atoms with Crippen molar-refractivity contribution in [1.29, 1.82) is 0 Å². The van der Waals surface area contributed by atoms with Gasteiger partial charge in [-0.25, -0.2) is 4.98 Å². The Hall–Kier alpha value is -4.56. The molecule has 2 heterocycles. The largest absolute Gasteiger partial charge is 0.254 e. The van der Waals surface area contributed by atoms with Gasteiger partial charge in [-0.2, -0.15) is 0 Å². The number of aryl methyl sites for hydroxylation is 1. The maximum absolute atomic E-state index is 5.28. The van der Waals surface area contributed by atoms with Gasteiger partial charge < -0.3 is 0 Å². The number of hydrogen-bond donors (Lipinski definition) is 0. The first-order valence-electron chi connectivity index (χ1n) is 13.4. The Balaban J connectivity index is 1.63. The van der Waals surface area contributed by atoms with E-state index in [1.807, 2.05) is 6.20 Å². The molecule has 0 radical (unpaired) electrons. The second-order valence-corrected chi connectivity index (χ2v) is 9.58. The Labute approximate surface area is 224 Å². The molecule has 0 fully saturated rings. The van der Waals surface area contributed by atoms with Gasteiger partial charge in [-0.05, 0) is 64.4 Å². The zero-order valence-electron chi connectivity index (χ0n) is 21.9. The summed E-state index contributed by atoms with van der Waals surface area (Å²) in [7, 11) is 0. The van der Waals surface area contributed by atoms with Crippen molar-refractivity contribution in [1.82, 2.24) is 9.97 Å². The minimum Gasteiger partial charge on any atom is -0.254 e. The molecule has 0 aliphatic carbocycles. The summed E-state index contributed by atoms with van der Waals surface area (Å²) in [4.78, 5) is 10.2. The number of benzene rings is 4. The minimum absolute atomic E-state index is 0.932. The molecule has 0 N–H and O–H groups in total. The third-order valence-electron chi connectivity index (χ3n) is 7.21. The average Bonchev–Trinajstić information content (AvgIpc) is 2.99. The fourth-order valence-electron chi connectivity index (χ4n) is 5.25. The number of rotatable bonds is 6. The van der Waals surface area contributed by atoms with Crippen LogP contribution in [0.5, 0.6) is 0 Å². The quantitative estimate of drug-likeness (QED) is 0.217. The van der Waals surface area contributed by atoms with Gasteiger partial charge in [-0.1, -0.05) is 111 Å². The Morgan fingerprint density at radius 1 is 0.632 bits per heavy atom. The Bertz CT molecular complexity index is 1770. The van der Waals surface area contributed by atoms with Crippen LogP contribution < -0.4 is 0 Å². The molecule has 2 aromatic heterocycles. The van der Waals surface area contributed by atoms with Crippen LogP contribution >= 0.6 is 0 Å². The molecule has 0 amide bonds. The third-order valence-corrected chi connectivity index (χ3v) is 7.21. The fourth-order valence-corrected chi connectivity index (χ4v) is 5.25. The van der Waals surface area contributed by atoms with E-state index in [4.69, 9.17) is 9.97 Å². The van der Waals surface area contributed by atoms with Gasteiger partial charge in [0.2, 0.25) is 0 Å². The van der Waals surface area contributed by atoms with E-state index in [1.165, 1.54) is 33.4 Å². The molecule has 0 atom stereocenters. The summed E-state index contributed by atoms with van der Waals surface area (Å²) in [6.07, 6.45) is 8.36. The second kappa shape index (κ2) is 10.4. The van der Waals surface area contributed by atoms with Gasteiger partial charge >= 0.3 is 0 Å². The molecule has 0 unspecified atom stereocenters. The SMILES string of the molecule is CC/C=C\c1ccc(-c2cc(-c3ccccc3)c3ccc4c(-c5ccccc5)ccnc4c3n2)cc1CC. The van der Waals surface area contributed by atoms with Crippen LogP contribution in [-0.2, 0) is 6.42 Å². The molecule has 6 aromatic rings. The summed E-state index contributed by atoms with van der Waals surface area (Å²) in [5.41, 5.74) is 11.3. The van der Waals surface area contributed by atoms with Crippen molar-refractivity contribution in [2.24, 2.45) is 0 Å². The van der Waals surface area contributed by atoms with Gasteiger partial charge in [-0.15, -0.1) is 0 Å². The van der Waals surface area contributed by atoms with E-state index < -0.39 is 0 Å². The Morgan fingerprint density at radius 2 is 1.32 bits per heavy atom. The van der Waals surface area contributed by atoms with Gasteiger partial charge in [-0.3, -0.25) is 4.98 Å². The van der Waals surface area contributed by atoms with Crippen LogP contribution in [0.3, 0.4) is 0 Å². The smallest absolute Gasteiger partial charge is 0.0978 e. The molecule has 6 rings (SSSR count). The minimum atomic E-state index is 0.932. The molecular formula is C36H30N2. The highest BCUT2D eigenvalue weighted by Gasteiger charge is 2.15. The van der Waals surface area contributed by atoms with Crippen LogP contribution in [0.2, 0.25) is 0 Å². The summed E-state index contributed by atoms with van der Waals surface area (Å²) in [6.45, 7) is 4.39. The van der Waals surface area contributed by atoms with Gasteiger partial charge in [0.05, 0.1) is 16.7 Å². The lowest BCUT2D eigenvalue weighted by Gasteiger charge is -2.14. The monoisotopic (exact) mass is 490 g/mol. The van der Waals surface area contributed by atoms with Crippen LogP contribution in [0.1, 0.15) is 31.4 Å². The first-order valence-corrected chi connectivity index (χ1v) is 13.4. The maximum Gasteiger partial charge on any atom is 0.0978 e. The molecule has 4 aromatic carbocycles. The summed E-state index contributed by atoms with van der Waals surface area (Å²) in [5.74, 6) is 0. The van der Waals surface area contributed by atoms with Crippen molar-refractivity contribution < 1.29 is 0 Å². The molecule has 184 valence electrons. The number of hydrogen-bond acceptors (Lipinski definition) is 2. The standard InChI is InChI=1S/C36H30N2/c1-3-5-12-26-17-18-29(23-25(26)4-2)34-24-33(28-15-10-7-11-16-28)32-20-19-31-30(27-13-8-6-9-14-27)21-22-37-35(31)36(32)38-34/h5-24H,3-4H2,1-2H3/b12-5-. The van der Waals surface area contributed by atoms with Crippen LogP contribution in [0.4, 0.5) is 0 Å². The zero-order chi connectivity index (χ0) is 25.9. The van der Waals surface area contributed by atoms with E-state index in [9.17, 15) is 0 Å².